The van der Waals surface area contributed by atoms with Gasteiger partial charge in [0.15, 0.2) is 0 Å². The average molecular weight is 507 g/mol. The summed E-state index contributed by atoms with van der Waals surface area (Å²) in [5.74, 6) is -1.01. The lowest BCUT2D eigenvalue weighted by Crippen LogP contribution is -2.51. The summed E-state index contributed by atoms with van der Waals surface area (Å²) in [6.07, 6.45) is 1.18. The molecule has 0 fully saturated rings. The molecule has 0 saturated carbocycles. The second-order valence-electron chi connectivity index (χ2n) is 7.93. The van der Waals surface area contributed by atoms with E-state index in [0.717, 1.165) is 27.8 Å². The first-order valence-corrected chi connectivity index (χ1v) is 12.6. The zero-order chi connectivity index (χ0) is 26.3. The van der Waals surface area contributed by atoms with E-state index >= 15 is 0 Å². The number of nitro benzene ring substituents is 1. The zero-order valence-electron chi connectivity index (χ0n) is 20.3. The number of rotatable bonds is 11. The van der Waals surface area contributed by atoms with E-state index in [4.69, 9.17) is 4.74 Å². The third-order valence-electron chi connectivity index (χ3n) is 5.39. The van der Waals surface area contributed by atoms with Gasteiger partial charge in [-0.15, -0.1) is 0 Å². The van der Waals surface area contributed by atoms with Gasteiger partial charge in [0.1, 0.15) is 24.0 Å². The minimum absolute atomic E-state index is 0.0393. The standard InChI is InChI=1S/C23H30N4O7S/c1-6-19(23(29)24-3)25(14-17-9-7-8-16(2)12-17)22(28)15-26(35(5,32)33)20-13-18(27(30)31)10-11-21(20)34-4/h7-13,19H,6,14-15H2,1-5H3,(H,24,29)/t19-/m0/s1. The lowest BCUT2D eigenvalue weighted by molar-refractivity contribution is -0.384. The monoisotopic (exact) mass is 506 g/mol. The summed E-state index contributed by atoms with van der Waals surface area (Å²) in [6.45, 7) is 3.02. The second kappa shape index (κ2) is 11.6. The molecule has 35 heavy (non-hydrogen) atoms. The summed E-state index contributed by atoms with van der Waals surface area (Å²) < 4.78 is 31.4. The second-order valence-corrected chi connectivity index (χ2v) is 9.84. The molecule has 0 unspecified atom stereocenters. The van der Waals surface area contributed by atoms with Crippen molar-refractivity contribution in [3.8, 4) is 5.75 Å². The molecule has 0 spiro atoms. The Morgan fingerprint density at radius 2 is 1.89 bits per heavy atom. The van der Waals surface area contributed by atoms with E-state index in [9.17, 15) is 28.1 Å². The molecule has 2 rings (SSSR count). The van der Waals surface area contributed by atoms with Gasteiger partial charge in [-0.1, -0.05) is 36.8 Å². The topological polar surface area (TPSA) is 139 Å². The summed E-state index contributed by atoms with van der Waals surface area (Å²) in [7, 11) is -1.33. The molecule has 0 aliphatic carbocycles. The maximum absolute atomic E-state index is 13.6. The normalized spacial score (nSPS) is 11.9. The first-order chi connectivity index (χ1) is 16.4. The lowest BCUT2D eigenvalue weighted by atomic mass is 10.1. The first kappa shape index (κ1) is 27.6. The molecule has 2 aromatic rings. The van der Waals surface area contributed by atoms with E-state index in [0.29, 0.717) is 0 Å². The van der Waals surface area contributed by atoms with Crippen LogP contribution in [0.5, 0.6) is 5.75 Å². The Bertz CT molecular complexity index is 1200. The van der Waals surface area contributed by atoms with Crippen molar-refractivity contribution in [2.24, 2.45) is 0 Å². The van der Waals surface area contributed by atoms with E-state index < -0.39 is 39.3 Å². The Morgan fingerprint density at radius 3 is 2.40 bits per heavy atom. The van der Waals surface area contributed by atoms with Gasteiger partial charge in [-0.2, -0.15) is 0 Å². The van der Waals surface area contributed by atoms with Crippen LogP contribution in [0.3, 0.4) is 0 Å². The quantitative estimate of drug-likeness (QED) is 0.364. The zero-order valence-corrected chi connectivity index (χ0v) is 21.2. The predicted octanol–water partition coefficient (Wildman–Crippen LogP) is 2.23. The van der Waals surface area contributed by atoms with Crippen molar-refractivity contribution >= 4 is 33.2 Å². The number of ether oxygens (including phenoxy) is 1. The van der Waals surface area contributed by atoms with Crippen molar-refractivity contribution < 1.29 is 27.7 Å². The highest BCUT2D eigenvalue weighted by Gasteiger charge is 2.32. The highest BCUT2D eigenvalue weighted by molar-refractivity contribution is 7.92. The van der Waals surface area contributed by atoms with Crippen LogP contribution >= 0.6 is 0 Å². The molecule has 0 heterocycles. The molecule has 1 atom stereocenters. The van der Waals surface area contributed by atoms with Crippen LogP contribution in [0.15, 0.2) is 42.5 Å². The summed E-state index contributed by atoms with van der Waals surface area (Å²) in [4.78, 5) is 38.1. The van der Waals surface area contributed by atoms with Crippen LogP contribution < -0.4 is 14.4 Å². The maximum atomic E-state index is 13.6. The minimum atomic E-state index is -4.08. The summed E-state index contributed by atoms with van der Waals surface area (Å²) in [6, 6.07) is 10.0. The third kappa shape index (κ3) is 6.92. The molecule has 1 N–H and O–H groups in total. The summed E-state index contributed by atoms with van der Waals surface area (Å²) >= 11 is 0. The van der Waals surface area contributed by atoms with E-state index in [1.165, 1.54) is 31.2 Å². The fourth-order valence-electron chi connectivity index (χ4n) is 3.67. The molecule has 0 saturated heterocycles. The van der Waals surface area contributed by atoms with Gasteiger partial charge in [-0.25, -0.2) is 8.42 Å². The van der Waals surface area contributed by atoms with Gasteiger partial charge in [0, 0.05) is 25.7 Å². The largest absolute Gasteiger partial charge is 0.495 e. The van der Waals surface area contributed by atoms with Crippen molar-refractivity contribution in [2.45, 2.75) is 32.9 Å². The van der Waals surface area contributed by atoms with Gasteiger partial charge >= 0.3 is 0 Å². The Hall–Kier alpha value is -3.67. The number of carbonyl (C=O) groups is 2. The number of methoxy groups -OCH3 is 1. The van der Waals surface area contributed by atoms with Crippen molar-refractivity contribution in [1.82, 2.24) is 10.2 Å². The van der Waals surface area contributed by atoms with E-state index in [2.05, 4.69) is 5.32 Å². The van der Waals surface area contributed by atoms with Crippen LogP contribution in [0, 0.1) is 17.0 Å². The number of anilines is 1. The highest BCUT2D eigenvalue weighted by atomic mass is 32.2. The molecular formula is C23H30N4O7S. The molecule has 12 heteroatoms. The van der Waals surface area contributed by atoms with Crippen LogP contribution in [0.1, 0.15) is 24.5 Å². The predicted molar refractivity (Wildman–Crippen MR) is 132 cm³/mol. The van der Waals surface area contributed by atoms with Crippen molar-refractivity contribution in [3.63, 3.8) is 0 Å². The Morgan fingerprint density at radius 1 is 1.20 bits per heavy atom. The molecule has 11 nitrogen and oxygen atoms in total. The van der Waals surface area contributed by atoms with E-state index in [1.807, 2.05) is 31.2 Å². The molecule has 0 aliphatic rings. The molecular weight excluding hydrogens is 476 g/mol. The maximum Gasteiger partial charge on any atom is 0.271 e. The summed E-state index contributed by atoms with van der Waals surface area (Å²) in [5.41, 5.74) is 1.21. The Labute approximate surface area is 204 Å². The van der Waals surface area contributed by atoms with Gasteiger partial charge in [-0.05, 0) is 25.0 Å². The third-order valence-corrected chi connectivity index (χ3v) is 6.52. The average Bonchev–Trinajstić information content (AvgIpc) is 2.80. The number of hydrogen-bond acceptors (Lipinski definition) is 7. The molecule has 190 valence electrons. The van der Waals surface area contributed by atoms with E-state index in [-0.39, 0.29) is 30.1 Å². The van der Waals surface area contributed by atoms with Crippen LogP contribution in [-0.2, 0) is 26.2 Å². The molecule has 0 radical (unpaired) electrons. The van der Waals surface area contributed by atoms with Crippen LogP contribution in [0.25, 0.3) is 0 Å². The number of nitrogens with zero attached hydrogens (tertiary/aromatic N) is 3. The van der Waals surface area contributed by atoms with Gasteiger partial charge < -0.3 is 15.0 Å². The van der Waals surface area contributed by atoms with Gasteiger partial charge in [0.25, 0.3) is 5.69 Å². The number of hydrogen-bond donors (Lipinski definition) is 1. The van der Waals surface area contributed by atoms with Gasteiger partial charge in [-0.3, -0.25) is 24.0 Å². The number of carbonyl (C=O) groups excluding carboxylic acids is 2. The smallest absolute Gasteiger partial charge is 0.271 e. The molecule has 0 aromatic heterocycles. The fraction of sp³-hybridized carbons (Fsp3) is 0.391. The SMILES string of the molecule is CC[C@@H](C(=O)NC)N(Cc1cccc(C)c1)C(=O)CN(c1cc([N+](=O)[O-])ccc1OC)S(C)(=O)=O. The van der Waals surface area contributed by atoms with Gasteiger partial charge in [0.2, 0.25) is 21.8 Å². The van der Waals surface area contributed by atoms with Crippen molar-refractivity contribution in [1.29, 1.82) is 0 Å². The Balaban J connectivity index is 2.55. The van der Waals surface area contributed by atoms with Crippen LogP contribution in [0.2, 0.25) is 0 Å². The number of sulfonamides is 1. The minimum Gasteiger partial charge on any atom is -0.495 e. The molecule has 2 aromatic carbocycles. The number of benzene rings is 2. The molecule has 0 bridgehead atoms. The van der Waals surface area contributed by atoms with Crippen LogP contribution in [0.4, 0.5) is 11.4 Å². The number of non-ortho nitro benzene ring substituents is 1. The van der Waals surface area contributed by atoms with Crippen LogP contribution in [-0.4, -0.2) is 63.1 Å². The molecule has 2 amide bonds. The lowest BCUT2D eigenvalue weighted by Gasteiger charge is -2.32. The number of amides is 2. The number of likely N-dealkylation sites (N-methyl/N-ethyl adjacent to an activating group) is 1. The highest BCUT2D eigenvalue weighted by Crippen LogP contribution is 2.34. The Kier molecular flexibility index (Phi) is 9.18. The van der Waals surface area contributed by atoms with Crippen molar-refractivity contribution in [3.05, 3.63) is 63.7 Å². The number of nitro groups is 1. The fourth-order valence-corrected chi connectivity index (χ4v) is 4.52. The first-order valence-electron chi connectivity index (χ1n) is 10.8. The molecule has 0 aliphatic heterocycles. The number of nitrogens with one attached hydrogen (secondary N) is 1. The number of aryl methyl sites for hydroxylation is 1. The van der Waals surface area contributed by atoms with Gasteiger partial charge in [0.05, 0.1) is 18.3 Å². The van der Waals surface area contributed by atoms with Crippen molar-refractivity contribution in [2.75, 3.05) is 31.3 Å². The summed E-state index contributed by atoms with van der Waals surface area (Å²) in [5, 5.41) is 13.8. The van der Waals surface area contributed by atoms with E-state index in [1.54, 1.807) is 6.92 Å².